The quantitative estimate of drug-likeness (QED) is 0.725. The molecule has 0 saturated heterocycles. The largest absolute Gasteiger partial charge is 0.382 e. The van der Waals surface area contributed by atoms with Crippen LogP contribution in [0.15, 0.2) is 12.4 Å². The first-order valence-corrected chi connectivity index (χ1v) is 4.40. The highest BCUT2D eigenvalue weighted by Gasteiger charge is 2.08. The zero-order valence-corrected chi connectivity index (χ0v) is 8.52. The molecule has 2 rings (SSSR count). The molecule has 0 aromatic carbocycles. The molecular formula is C9H13N5. The topological polar surface area (TPSA) is 61.7 Å². The lowest BCUT2D eigenvalue weighted by molar-refractivity contribution is 0.756. The summed E-state index contributed by atoms with van der Waals surface area (Å²) in [6.45, 7) is 3.88. The van der Waals surface area contributed by atoms with Gasteiger partial charge in [0.15, 0.2) is 0 Å². The first-order chi connectivity index (χ1) is 6.58. The van der Waals surface area contributed by atoms with Crippen molar-refractivity contribution in [2.45, 2.75) is 13.8 Å². The molecular weight excluding hydrogens is 178 g/mol. The molecule has 0 aliphatic rings. The Labute approximate surface area is 82.1 Å². The maximum Gasteiger partial charge on any atom is 0.148 e. The van der Waals surface area contributed by atoms with E-state index < -0.39 is 0 Å². The second-order valence-corrected chi connectivity index (χ2v) is 3.42. The van der Waals surface area contributed by atoms with Gasteiger partial charge in [0, 0.05) is 18.8 Å². The van der Waals surface area contributed by atoms with E-state index in [4.69, 9.17) is 5.73 Å². The minimum absolute atomic E-state index is 0.563. The molecule has 74 valence electrons. The monoisotopic (exact) mass is 191 g/mol. The first-order valence-electron chi connectivity index (χ1n) is 4.40. The summed E-state index contributed by atoms with van der Waals surface area (Å²) < 4.78 is 3.52. The molecule has 0 spiro atoms. The number of nitrogen functional groups attached to an aromatic ring is 1. The predicted molar refractivity (Wildman–Crippen MR) is 54.2 cm³/mol. The van der Waals surface area contributed by atoms with Crippen molar-refractivity contribution in [1.82, 2.24) is 19.6 Å². The van der Waals surface area contributed by atoms with Crippen LogP contribution in [0.4, 0.5) is 5.82 Å². The molecule has 0 bridgehead atoms. The normalized spacial score (nSPS) is 10.8. The molecule has 2 aromatic rings. The molecule has 0 aliphatic carbocycles. The summed E-state index contributed by atoms with van der Waals surface area (Å²) in [5.74, 6) is 0.563. The maximum atomic E-state index is 5.68. The van der Waals surface area contributed by atoms with Gasteiger partial charge >= 0.3 is 0 Å². The van der Waals surface area contributed by atoms with Crippen LogP contribution < -0.4 is 5.73 Å². The van der Waals surface area contributed by atoms with Crippen LogP contribution >= 0.6 is 0 Å². The molecule has 2 heterocycles. The predicted octanol–water partition coefficient (Wildman–Crippen LogP) is 0.805. The van der Waals surface area contributed by atoms with E-state index in [1.807, 2.05) is 33.3 Å². The molecule has 0 fully saturated rings. The minimum Gasteiger partial charge on any atom is -0.382 e. The summed E-state index contributed by atoms with van der Waals surface area (Å²) in [7, 11) is 1.89. The van der Waals surface area contributed by atoms with Crippen molar-refractivity contribution in [3.8, 4) is 5.69 Å². The Balaban J connectivity index is 2.54. The third-order valence-electron chi connectivity index (χ3n) is 2.17. The van der Waals surface area contributed by atoms with Crippen LogP contribution in [0.25, 0.3) is 5.69 Å². The fourth-order valence-corrected chi connectivity index (χ4v) is 1.41. The van der Waals surface area contributed by atoms with Crippen molar-refractivity contribution in [3.63, 3.8) is 0 Å². The van der Waals surface area contributed by atoms with Crippen molar-refractivity contribution in [3.05, 3.63) is 23.7 Å². The third kappa shape index (κ3) is 1.26. The number of hydrogen-bond acceptors (Lipinski definition) is 3. The summed E-state index contributed by atoms with van der Waals surface area (Å²) in [5.41, 5.74) is 8.56. The van der Waals surface area contributed by atoms with Gasteiger partial charge in [-0.3, -0.25) is 4.68 Å². The van der Waals surface area contributed by atoms with Gasteiger partial charge in [-0.15, -0.1) is 0 Å². The Kier molecular flexibility index (Phi) is 1.80. The number of anilines is 1. The van der Waals surface area contributed by atoms with E-state index in [0.717, 1.165) is 16.9 Å². The van der Waals surface area contributed by atoms with Crippen LogP contribution in [-0.4, -0.2) is 19.6 Å². The summed E-state index contributed by atoms with van der Waals surface area (Å²) >= 11 is 0. The molecule has 5 nitrogen and oxygen atoms in total. The van der Waals surface area contributed by atoms with E-state index in [0.29, 0.717) is 5.82 Å². The van der Waals surface area contributed by atoms with Crippen LogP contribution in [0, 0.1) is 13.8 Å². The van der Waals surface area contributed by atoms with Gasteiger partial charge in [0.2, 0.25) is 0 Å². The summed E-state index contributed by atoms with van der Waals surface area (Å²) in [4.78, 5) is 0. The van der Waals surface area contributed by atoms with Crippen LogP contribution in [0.3, 0.4) is 0 Å². The van der Waals surface area contributed by atoms with Gasteiger partial charge in [0.1, 0.15) is 11.5 Å². The van der Waals surface area contributed by atoms with Crippen molar-refractivity contribution < 1.29 is 0 Å². The lowest BCUT2D eigenvalue weighted by atomic mass is 10.4. The first kappa shape index (κ1) is 8.80. The second-order valence-electron chi connectivity index (χ2n) is 3.42. The van der Waals surface area contributed by atoms with Crippen molar-refractivity contribution >= 4 is 5.82 Å². The average molecular weight is 191 g/mol. The molecule has 2 N–H and O–H groups in total. The van der Waals surface area contributed by atoms with Gasteiger partial charge < -0.3 is 5.73 Å². The van der Waals surface area contributed by atoms with E-state index in [1.165, 1.54) is 0 Å². The highest BCUT2D eigenvalue weighted by atomic mass is 15.3. The number of nitrogens with two attached hydrogens (primary N) is 1. The van der Waals surface area contributed by atoms with Gasteiger partial charge in [-0.05, 0) is 13.8 Å². The lowest BCUT2D eigenvalue weighted by Gasteiger charge is -1.95. The fourth-order valence-electron chi connectivity index (χ4n) is 1.41. The second kappa shape index (κ2) is 2.87. The molecule has 2 aromatic heterocycles. The standard InChI is InChI=1S/C9H13N5/c1-6-4-14(12-9(6)10)8-5-13(3)11-7(8)2/h4-5H,1-3H3,(H2,10,12). The third-order valence-corrected chi connectivity index (χ3v) is 2.17. The van der Waals surface area contributed by atoms with Gasteiger partial charge in [-0.25, -0.2) is 4.68 Å². The average Bonchev–Trinajstić information content (AvgIpc) is 2.57. The Bertz CT molecular complexity index is 446. The lowest BCUT2D eigenvalue weighted by Crippen LogP contribution is -1.96. The van der Waals surface area contributed by atoms with Crippen LogP contribution in [0.2, 0.25) is 0 Å². The smallest absolute Gasteiger partial charge is 0.148 e. The Hall–Kier alpha value is -1.78. The van der Waals surface area contributed by atoms with Crippen LogP contribution in [-0.2, 0) is 7.05 Å². The van der Waals surface area contributed by atoms with Crippen molar-refractivity contribution in [2.24, 2.45) is 7.05 Å². The van der Waals surface area contributed by atoms with E-state index in [9.17, 15) is 0 Å². The number of rotatable bonds is 1. The molecule has 0 atom stereocenters. The molecule has 0 amide bonds. The molecule has 5 heteroatoms. The number of nitrogens with zero attached hydrogens (tertiary/aromatic N) is 4. The summed E-state index contributed by atoms with van der Waals surface area (Å²) in [5, 5.41) is 8.44. The maximum absolute atomic E-state index is 5.68. The van der Waals surface area contributed by atoms with Gasteiger partial charge in [-0.1, -0.05) is 0 Å². The minimum atomic E-state index is 0.563. The van der Waals surface area contributed by atoms with E-state index >= 15 is 0 Å². The van der Waals surface area contributed by atoms with Crippen LogP contribution in [0.1, 0.15) is 11.3 Å². The Morgan fingerprint density at radius 1 is 1.21 bits per heavy atom. The van der Waals surface area contributed by atoms with E-state index in [2.05, 4.69) is 10.2 Å². The zero-order valence-electron chi connectivity index (χ0n) is 8.52. The zero-order chi connectivity index (χ0) is 10.3. The van der Waals surface area contributed by atoms with Crippen molar-refractivity contribution in [1.29, 1.82) is 0 Å². The molecule has 0 aliphatic heterocycles. The summed E-state index contributed by atoms with van der Waals surface area (Å²) in [6, 6.07) is 0. The number of aryl methyl sites for hydroxylation is 3. The van der Waals surface area contributed by atoms with Gasteiger partial charge in [0.05, 0.1) is 11.9 Å². The molecule has 0 unspecified atom stereocenters. The van der Waals surface area contributed by atoms with E-state index in [1.54, 1.807) is 9.36 Å². The Morgan fingerprint density at radius 2 is 1.93 bits per heavy atom. The van der Waals surface area contributed by atoms with Crippen LogP contribution in [0.5, 0.6) is 0 Å². The van der Waals surface area contributed by atoms with Crippen molar-refractivity contribution in [2.75, 3.05) is 5.73 Å². The SMILES string of the molecule is Cc1cn(-c2cn(C)nc2C)nc1N. The van der Waals surface area contributed by atoms with Gasteiger partial charge in [-0.2, -0.15) is 10.2 Å². The Morgan fingerprint density at radius 3 is 2.36 bits per heavy atom. The van der Waals surface area contributed by atoms with Gasteiger partial charge in [0.25, 0.3) is 0 Å². The number of aromatic nitrogens is 4. The molecule has 0 saturated carbocycles. The molecule has 14 heavy (non-hydrogen) atoms. The molecule has 0 radical (unpaired) electrons. The van der Waals surface area contributed by atoms with E-state index in [-0.39, 0.29) is 0 Å². The number of hydrogen-bond donors (Lipinski definition) is 1. The summed E-state index contributed by atoms with van der Waals surface area (Å²) in [6.07, 6.45) is 3.82. The fraction of sp³-hybridized carbons (Fsp3) is 0.333. The highest BCUT2D eigenvalue weighted by molar-refractivity contribution is 5.41. The highest BCUT2D eigenvalue weighted by Crippen LogP contribution is 2.14.